The van der Waals surface area contributed by atoms with Crippen molar-refractivity contribution in [2.75, 3.05) is 6.61 Å². The topological polar surface area (TPSA) is 77.2 Å². The summed E-state index contributed by atoms with van der Waals surface area (Å²) < 4.78 is 9.35. The lowest BCUT2D eigenvalue weighted by atomic mass is 10.2. The highest BCUT2D eigenvalue weighted by molar-refractivity contribution is 14.1. The average Bonchev–Trinajstić information content (AvgIpc) is 3.15. The zero-order chi connectivity index (χ0) is 23.3. The van der Waals surface area contributed by atoms with Crippen LogP contribution in [0.25, 0.3) is 17.5 Å². The number of hydrogen-bond donors (Lipinski definition) is 1. The maximum Gasteiger partial charge on any atom is 0.342 e. The predicted octanol–water partition coefficient (Wildman–Crippen LogP) is 6.61. The van der Waals surface area contributed by atoms with Crippen LogP contribution in [0.15, 0.2) is 59.1 Å². The van der Waals surface area contributed by atoms with Gasteiger partial charge in [0.2, 0.25) is 0 Å². The van der Waals surface area contributed by atoms with Gasteiger partial charge in [-0.2, -0.15) is 0 Å². The van der Waals surface area contributed by atoms with Gasteiger partial charge in [0.05, 0.1) is 7.14 Å². The van der Waals surface area contributed by atoms with Crippen molar-refractivity contribution in [3.8, 4) is 17.1 Å². The molecule has 32 heavy (non-hydrogen) atoms. The maximum absolute atomic E-state index is 12.0. The number of aromatic nitrogens is 3. The summed E-state index contributed by atoms with van der Waals surface area (Å²) in [6.07, 6.45) is 3.31. The molecule has 0 saturated carbocycles. The number of carboxylic acids is 1. The third-order valence-corrected chi connectivity index (χ3v) is 7.06. The number of rotatable bonds is 9. The van der Waals surface area contributed by atoms with Crippen molar-refractivity contribution in [1.82, 2.24) is 14.8 Å². The van der Waals surface area contributed by atoms with Crippen LogP contribution in [-0.4, -0.2) is 32.4 Å². The summed E-state index contributed by atoms with van der Waals surface area (Å²) in [5, 5.41) is 19.5. The Morgan fingerprint density at radius 1 is 1.25 bits per heavy atom. The van der Waals surface area contributed by atoms with Crippen molar-refractivity contribution in [2.24, 2.45) is 0 Å². The molecule has 6 nitrogen and oxygen atoms in total. The van der Waals surface area contributed by atoms with Gasteiger partial charge in [-0.15, -0.1) is 10.2 Å². The van der Waals surface area contributed by atoms with E-state index in [1.807, 2.05) is 35.8 Å². The molecule has 0 saturated heterocycles. The summed E-state index contributed by atoms with van der Waals surface area (Å²) in [5.41, 5.74) is 1.62. The van der Waals surface area contributed by atoms with E-state index in [-0.39, 0.29) is 4.91 Å². The van der Waals surface area contributed by atoms with Crippen LogP contribution < -0.4 is 4.74 Å². The van der Waals surface area contributed by atoms with Crippen LogP contribution in [0.3, 0.4) is 0 Å². The summed E-state index contributed by atoms with van der Waals surface area (Å²) in [7, 11) is 0. The Morgan fingerprint density at radius 3 is 2.47 bits per heavy atom. The van der Waals surface area contributed by atoms with Crippen molar-refractivity contribution >= 4 is 80.6 Å². The third-order valence-electron chi connectivity index (χ3n) is 4.21. The van der Waals surface area contributed by atoms with Crippen LogP contribution >= 0.6 is 68.5 Å². The Morgan fingerprint density at radius 2 is 1.91 bits per heavy atom. The van der Waals surface area contributed by atoms with Gasteiger partial charge in [0.25, 0.3) is 0 Å². The fourth-order valence-electron chi connectivity index (χ4n) is 2.79. The van der Waals surface area contributed by atoms with E-state index < -0.39 is 5.97 Å². The smallest absolute Gasteiger partial charge is 0.342 e. The second kappa shape index (κ2) is 11.5. The molecule has 0 radical (unpaired) electrons. The minimum Gasteiger partial charge on any atom is -0.487 e. The molecule has 0 fully saturated rings. The molecule has 1 N–H and O–H groups in total. The molecule has 0 aliphatic carbocycles. The zero-order valence-corrected chi connectivity index (χ0v) is 22.8. The largest absolute Gasteiger partial charge is 0.487 e. The Labute approximate surface area is 222 Å². The van der Waals surface area contributed by atoms with Crippen LogP contribution in [0, 0.1) is 7.14 Å². The van der Waals surface area contributed by atoms with Crippen molar-refractivity contribution in [3.05, 3.63) is 71.7 Å². The first kappa shape index (κ1) is 25.1. The number of hydrogen-bond acceptors (Lipinski definition) is 5. The Bertz CT molecular complexity index is 1160. The minimum absolute atomic E-state index is 0.140. The first-order valence-corrected chi connectivity index (χ1v) is 12.7. The van der Waals surface area contributed by atoms with E-state index >= 15 is 0 Å². The SMILES string of the molecule is C=CCOc1c(I)cc(/C=C(\Sc2nnc(-c3ccc(Cl)cc3)n2CC)C(=O)O)cc1I. The third kappa shape index (κ3) is 6.06. The van der Waals surface area contributed by atoms with E-state index in [1.54, 1.807) is 24.3 Å². The van der Waals surface area contributed by atoms with E-state index in [0.29, 0.717) is 29.2 Å². The molecule has 0 aliphatic heterocycles. The fraction of sp³-hybridized carbons (Fsp3) is 0.136. The molecular weight excluding hydrogens is 676 g/mol. The van der Waals surface area contributed by atoms with Crippen LogP contribution in [0.1, 0.15) is 12.5 Å². The van der Waals surface area contributed by atoms with E-state index in [4.69, 9.17) is 16.3 Å². The van der Waals surface area contributed by atoms with E-state index in [9.17, 15) is 9.90 Å². The lowest BCUT2D eigenvalue weighted by Crippen LogP contribution is -2.03. The monoisotopic (exact) mass is 693 g/mol. The van der Waals surface area contributed by atoms with E-state index in [0.717, 1.165) is 35.8 Å². The van der Waals surface area contributed by atoms with E-state index in [1.165, 1.54) is 0 Å². The molecule has 0 aliphatic rings. The zero-order valence-electron chi connectivity index (χ0n) is 16.9. The summed E-state index contributed by atoms with van der Waals surface area (Å²) in [4.78, 5) is 12.1. The van der Waals surface area contributed by atoms with Gasteiger partial charge < -0.3 is 14.4 Å². The molecule has 166 valence electrons. The van der Waals surface area contributed by atoms with Crippen molar-refractivity contribution in [2.45, 2.75) is 18.6 Å². The number of carboxylic acid groups (broad SMARTS) is 1. The molecule has 2 aromatic carbocycles. The number of ether oxygens (including phenoxy) is 1. The molecule has 3 aromatic rings. The lowest BCUT2D eigenvalue weighted by Gasteiger charge is -2.10. The van der Waals surface area contributed by atoms with Gasteiger partial charge in [0.15, 0.2) is 11.0 Å². The van der Waals surface area contributed by atoms with Crippen molar-refractivity contribution < 1.29 is 14.6 Å². The van der Waals surface area contributed by atoms with Gasteiger partial charge in [0.1, 0.15) is 17.3 Å². The number of benzene rings is 2. The first-order valence-electron chi connectivity index (χ1n) is 9.38. The number of aliphatic carboxylic acids is 1. The molecule has 0 unspecified atom stereocenters. The molecule has 1 heterocycles. The summed E-state index contributed by atoms with van der Waals surface area (Å²) in [5.74, 6) is 0.376. The first-order chi connectivity index (χ1) is 15.3. The minimum atomic E-state index is -1.04. The molecule has 0 spiro atoms. The van der Waals surface area contributed by atoms with Gasteiger partial charge in [0, 0.05) is 17.1 Å². The molecular formula is C22H18ClI2N3O3S. The highest BCUT2D eigenvalue weighted by Crippen LogP contribution is 2.33. The Kier molecular flexibility index (Phi) is 9.03. The molecule has 0 amide bonds. The van der Waals surface area contributed by atoms with Crippen LogP contribution in [-0.2, 0) is 11.3 Å². The Hall–Kier alpha value is -1.57. The molecule has 0 bridgehead atoms. The summed E-state index contributed by atoms with van der Waals surface area (Å²) >= 11 is 11.4. The quantitative estimate of drug-likeness (QED) is 0.118. The fourth-order valence-corrected chi connectivity index (χ4v) is 5.93. The second-order valence-corrected chi connectivity index (χ2v) is 10.2. The van der Waals surface area contributed by atoms with Gasteiger partial charge in [-0.1, -0.05) is 24.3 Å². The van der Waals surface area contributed by atoms with Gasteiger partial charge in [-0.25, -0.2) is 4.79 Å². The average molecular weight is 694 g/mol. The number of thioether (sulfide) groups is 1. The molecule has 3 rings (SSSR count). The van der Waals surface area contributed by atoms with Crippen molar-refractivity contribution in [1.29, 1.82) is 0 Å². The Balaban J connectivity index is 1.94. The normalized spacial score (nSPS) is 11.4. The van der Waals surface area contributed by atoms with Crippen LogP contribution in [0.5, 0.6) is 5.75 Å². The van der Waals surface area contributed by atoms with Gasteiger partial charge >= 0.3 is 5.97 Å². The molecule has 0 atom stereocenters. The summed E-state index contributed by atoms with van der Waals surface area (Å²) in [6, 6.07) is 11.1. The van der Waals surface area contributed by atoms with Crippen molar-refractivity contribution in [3.63, 3.8) is 0 Å². The standard InChI is InChI=1S/C22H18ClI2N3O3S/c1-3-9-31-19-16(24)10-13(11-17(19)25)12-18(21(29)30)32-22-27-26-20(28(22)4-2)14-5-7-15(23)8-6-14/h3,5-8,10-12H,1,4,9H2,2H3,(H,29,30)/b18-12-. The van der Waals surface area contributed by atoms with Gasteiger partial charge in [-0.05, 0) is 112 Å². The summed E-state index contributed by atoms with van der Waals surface area (Å²) in [6.45, 7) is 6.62. The lowest BCUT2D eigenvalue weighted by molar-refractivity contribution is -0.131. The predicted molar refractivity (Wildman–Crippen MR) is 145 cm³/mol. The van der Waals surface area contributed by atoms with Crippen LogP contribution in [0.2, 0.25) is 5.02 Å². The highest BCUT2D eigenvalue weighted by Gasteiger charge is 2.19. The van der Waals surface area contributed by atoms with E-state index in [2.05, 4.69) is 62.0 Å². The number of halogens is 3. The maximum atomic E-state index is 12.0. The van der Waals surface area contributed by atoms with Crippen LogP contribution in [0.4, 0.5) is 0 Å². The molecule has 10 heteroatoms. The molecule has 1 aromatic heterocycles. The number of nitrogens with zero attached hydrogens (tertiary/aromatic N) is 3. The second-order valence-electron chi connectivity index (χ2n) is 6.39. The highest BCUT2D eigenvalue weighted by atomic mass is 127. The number of carbonyl (C=O) groups is 1. The van der Waals surface area contributed by atoms with Gasteiger partial charge in [-0.3, -0.25) is 0 Å².